The number of rotatable bonds is 4. The minimum absolute atomic E-state index is 0.0711. The lowest BCUT2D eigenvalue weighted by Gasteiger charge is -2.36. The van der Waals surface area contributed by atoms with Crippen molar-refractivity contribution in [2.45, 2.75) is 26.7 Å². The minimum Gasteiger partial charge on any atom is -0.339 e. The van der Waals surface area contributed by atoms with E-state index in [9.17, 15) is 9.59 Å². The molecule has 1 aliphatic heterocycles. The Morgan fingerprint density at radius 2 is 1.57 bits per heavy atom. The zero-order chi connectivity index (χ0) is 17.0. The van der Waals surface area contributed by atoms with Crippen LogP contribution in [0.15, 0.2) is 18.2 Å². The van der Waals surface area contributed by atoms with E-state index in [4.69, 9.17) is 23.2 Å². The van der Waals surface area contributed by atoms with Crippen LogP contribution in [0.1, 0.15) is 37.0 Å². The van der Waals surface area contributed by atoms with Gasteiger partial charge in [0.25, 0.3) is 5.91 Å². The van der Waals surface area contributed by atoms with E-state index in [1.165, 1.54) is 0 Å². The molecular formula is C17H22Cl2N2O2. The summed E-state index contributed by atoms with van der Waals surface area (Å²) in [6, 6.07) is 4.90. The molecule has 126 valence electrons. The summed E-state index contributed by atoms with van der Waals surface area (Å²) >= 11 is 11.9. The summed E-state index contributed by atoms with van der Waals surface area (Å²) in [4.78, 5) is 28.5. The second-order valence-corrected chi connectivity index (χ2v) is 6.57. The van der Waals surface area contributed by atoms with Gasteiger partial charge in [-0.05, 0) is 31.0 Å². The molecule has 0 N–H and O–H groups in total. The van der Waals surface area contributed by atoms with Crippen LogP contribution in [-0.4, -0.2) is 47.8 Å². The van der Waals surface area contributed by atoms with Gasteiger partial charge >= 0.3 is 0 Å². The van der Waals surface area contributed by atoms with Gasteiger partial charge in [-0.15, -0.1) is 0 Å². The Kier molecular flexibility index (Phi) is 6.31. The lowest BCUT2D eigenvalue weighted by molar-refractivity contribution is -0.137. The molecule has 0 radical (unpaired) electrons. The van der Waals surface area contributed by atoms with Crippen molar-refractivity contribution in [1.82, 2.24) is 9.80 Å². The number of hydrogen-bond acceptors (Lipinski definition) is 2. The molecule has 1 heterocycles. The van der Waals surface area contributed by atoms with Gasteiger partial charge in [0.15, 0.2) is 0 Å². The van der Waals surface area contributed by atoms with Crippen LogP contribution >= 0.6 is 23.2 Å². The summed E-state index contributed by atoms with van der Waals surface area (Å²) < 4.78 is 0. The third-order valence-corrected chi connectivity index (χ3v) is 5.12. The van der Waals surface area contributed by atoms with Crippen molar-refractivity contribution in [3.05, 3.63) is 33.8 Å². The van der Waals surface area contributed by atoms with Gasteiger partial charge in [-0.3, -0.25) is 9.59 Å². The smallest absolute Gasteiger partial charge is 0.254 e. The maximum Gasteiger partial charge on any atom is 0.254 e. The summed E-state index contributed by atoms with van der Waals surface area (Å²) in [5.74, 6) is 0.224. The van der Waals surface area contributed by atoms with Crippen LogP contribution in [0.5, 0.6) is 0 Å². The molecule has 0 spiro atoms. The maximum absolute atomic E-state index is 12.5. The van der Waals surface area contributed by atoms with Crippen molar-refractivity contribution in [3.63, 3.8) is 0 Å². The normalized spacial score (nSPS) is 15.2. The third kappa shape index (κ3) is 4.18. The van der Waals surface area contributed by atoms with Gasteiger partial charge in [0.1, 0.15) is 0 Å². The van der Waals surface area contributed by atoms with Crippen molar-refractivity contribution in [2.75, 3.05) is 26.2 Å². The number of piperazine rings is 1. The maximum atomic E-state index is 12.5. The Balaban J connectivity index is 1.97. The van der Waals surface area contributed by atoms with Gasteiger partial charge in [0.2, 0.25) is 5.91 Å². The predicted octanol–water partition coefficient (Wildman–Crippen LogP) is 3.71. The Labute approximate surface area is 147 Å². The molecule has 1 aromatic rings. The van der Waals surface area contributed by atoms with E-state index >= 15 is 0 Å². The number of amides is 2. The van der Waals surface area contributed by atoms with Crippen molar-refractivity contribution in [2.24, 2.45) is 5.92 Å². The molecule has 0 unspecified atom stereocenters. The highest BCUT2D eigenvalue weighted by atomic mass is 35.5. The number of nitrogens with zero attached hydrogens (tertiary/aromatic N) is 2. The summed E-state index contributed by atoms with van der Waals surface area (Å²) in [6.45, 7) is 6.34. The van der Waals surface area contributed by atoms with E-state index in [0.717, 1.165) is 12.8 Å². The molecule has 0 saturated carbocycles. The average Bonchev–Trinajstić information content (AvgIpc) is 2.58. The monoisotopic (exact) mass is 356 g/mol. The molecule has 1 fully saturated rings. The van der Waals surface area contributed by atoms with Crippen LogP contribution in [-0.2, 0) is 4.79 Å². The van der Waals surface area contributed by atoms with E-state index in [2.05, 4.69) is 0 Å². The number of carbonyl (C=O) groups is 2. The van der Waals surface area contributed by atoms with Crippen LogP contribution in [0.4, 0.5) is 0 Å². The zero-order valence-electron chi connectivity index (χ0n) is 13.5. The highest BCUT2D eigenvalue weighted by Gasteiger charge is 2.27. The fraction of sp³-hybridized carbons (Fsp3) is 0.529. The number of hydrogen-bond donors (Lipinski definition) is 0. The Morgan fingerprint density at radius 1 is 1.00 bits per heavy atom. The van der Waals surface area contributed by atoms with E-state index in [1.54, 1.807) is 23.1 Å². The molecular weight excluding hydrogens is 335 g/mol. The second-order valence-electron chi connectivity index (χ2n) is 5.76. The first kappa shape index (κ1) is 18.1. The molecule has 0 bridgehead atoms. The van der Waals surface area contributed by atoms with E-state index in [1.807, 2.05) is 18.7 Å². The summed E-state index contributed by atoms with van der Waals surface area (Å²) in [5.41, 5.74) is 0.527. The molecule has 4 nitrogen and oxygen atoms in total. The Bertz CT molecular complexity index is 580. The van der Waals surface area contributed by atoms with Crippen molar-refractivity contribution >= 4 is 35.0 Å². The molecule has 1 aromatic carbocycles. The summed E-state index contributed by atoms with van der Waals surface area (Å²) in [5, 5.41) is 0.809. The third-order valence-electron chi connectivity index (χ3n) is 4.38. The molecule has 0 aliphatic carbocycles. The molecule has 0 aromatic heterocycles. The highest BCUT2D eigenvalue weighted by Crippen LogP contribution is 2.23. The number of benzene rings is 1. The van der Waals surface area contributed by atoms with Crippen LogP contribution < -0.4 is 0 Å². The van der Waals surface area contributed by atoms with Gasteiger partial charge in [-0.1, -0.05) is 37.0 Å². The van der Waals surface area contributed by atoms with Crippen LogP contribution in [0.3, 0.4) is 0 Å². The lowest BCUT2D eigenvalue weighted by Crippen LogP contribution is -2.51. The van der Waals surface area contributed by atoms with E-state index in [-0.39, 0.29) is 17.7 Å². The van der Waals surface area contributed by atoms with E-state index < -0.39 is 0 Å². The predicted molar refractivity (Wildman–Crippen MR) is 93.0 cm³/mol. The molecule has 2 amide bonds. The van der Waals surface area contributed by atoms with Crippen molar-refractivity contribution < 1.29 is 9.59 Å². The summed E-state index contributed by atoms with van der Waals surface area (Å²) in [7, 11) is 0. The van der Waals surface area contributed by atoms with Crippen molar-refractivity contribution in [1.29, 1.82) is 0 Å². The van der Waals surface area contributed by atoms with Crippen LogP contribution in [0, 0.1) is 5.92 Å². The van der Waals surface area contributed by atoms with E-state index in [0.29, 0.717) is 41.8 Å². The fourth-order valence-electron chi connectivity index (χ4n) is 2.84. The zero-order valence-corrected chi connectivity index (χ0v) is 15.0. The molecule has 1 saturated heterocycles. The Hall–Kier alpha value is -1.26. The quantitative estimate of drug-likeness (QED) is 0.824. The topological polar surface area (TPSA) is 40.6 Å². The molecule has 2 rings (SSSR count). The molecule has 6 heteroatoms. The van der Waals surface area contributed by atoms with Crippen LogP contribution in [0.2, 0.25) is 10.0 Å². The average molecular weight is 357 g/mol. The Morgan fingerprint density at radius 3 is 2.09 bits per heavy atom. The molecule has 1 aliphatic rings. The first-order valence-corrected chi connectivity index (χ1v) is 8.76. The number of halogens is 2. The lowest BCUT2D eigenvalue weighted by atomic mass is 10.0. The fourth-order valence-corrected chi connectivity index (χ4v) is 3.14. The SMILES string of the molecule is CCC(CC)C(=O)N1CCN(C(=O)c2ccc(Cl)c(Cl)c2)CC1. The van der Waals surface area contributed by atoms with Gasteiger partial charge in [0.05, 0.1) is 10.0 Å². The standard InChI is InChI=1S/C17H22Cl2N2O2/c1-3-12(4-2)16(22)20-7-9-21(10-8-20)17(23)13-5-6-14(18)15(19)11-13/h5-6,11-12H,3-4,7-10H2,1-2H3. The first-order valence-electron chi connectivity index (χ1n) is 8.01. The highest BCUT2D eigenvalue weighted by molar-refractivity contribution is 6.42. The molecule has 0 atom stereocenters. The van der Waals surface area contributed by atoms with Gasteiger partial charge < -0.3 is 9.80 Å². The second kappa shape index (κ2) is 8.02. The minimum atomic E-state index is -0.0711. The van der Waals surface area contributed by atoms with Gasteiger partial charge in [0, 0.05) is 37.7 Å². The number of carbonyl (C=O) groups excluding carboxylic acids is 2. The largest absolute Gasteiger partial charge is 0.339 e. The van der Waals surface area contributed by atoms with Crippen LogP contribution in [0.25, 0.3) is 0 Å². The van der Waals surface area contributed by atoms with Gasteiger partial charge in [-0.2, -0.15) is 0 Å². The van der Waals surface area contributed by atoms with Gasteiger partial charge in [-0.25, -0.2) is 0 Å². The first-order chi connectivity index (χ1) is 11.0. The molecule has 23 heavy (non-hydrogen) atoms. The summed E-state index contributed by atoms with van der Waals surface area (Å²) in [6.07, 6.45) is 1.72. The van der Waals surface area contributed by atoms with Crippen molar-refractivity contribution in [3.8, 4) is 0 Å².